The first-order valence-corrected chi connectivity index (χ1v) is 6.10. The van der Waals surface area contributed by atoms with Crippen LogP contribution in [0.25, 0.3) is 11.2 Å². The molecule has 0 amide bonds. The van der Waals surface area contributed by atoms with Gasteiger partial charge in [0.25, 0.3) is 0 Å². The molecular formula is C14H11N3O4. The van der Waals surface area contributed by atoms with Crippen LogP contribution in [0.3, 0.4) is 0 Å². The van der Waals surface area contributed by atoms with Crippen molar-refractivity contribution in [3.8, 4) is 11.5 Å². The Morgan fingerprint density at radius 3 is 2.90 bits per heavy atom. The third-order valence-electron chi connectivity index (χ3n) is 2.87. The zero-order valence-electron chi connectivity index (χ0n) is 11.0. The molecule has 0 saturated heterocycles. The number of esters is 1. The number of aromatic amines is 2. The molecule has 0 fully saturated rings. The maximum absolute atomic E-state index is 11.5. The van der Waals surface area contributed by atoms with Crippen molar-refractivity contribution in [2.75, 3.05) is 7.11 Å². The van der Waals surface area contributed by atoms with Crippen LogP contribution in [0.5, 0.6) is 11.5 Å². The lowest BCUT2D eigenvalue weighted by Gasteiger charge is -2.07. The van der Waals surface area contributed by atoms with Gasteiger partial charge in [-0.15, -0.1) is 0 Å². The monoisotopic (exact) mass is 285 g/mol. The Kier molecular flexibility index (Phi) is 3.15. The number of carbonyl (C=O) groups is 1. The van der Waals surface area contributed by atoms with Crippen molar-refractivity contribution in [3.63, 3.8) is 0 Å². The zero-order chi connectivity index (χ0) is 14.8. The number of fused-ring (bicyclic) bond motifs is 1. The normalized spacial score (nSPS) is 10.5. The van der Waals surface area contributed by atoms with E-state index < -0.39 is 5.97 Å². The van der Waals surface area contributed by atoms with Crippen LogP contribution in [0, 0.1) is 0 Å². The summed E-state index contributed by atoms with van der Waals surface area (Å²) < 4.78 is 10.4. The molecule has 3 rings (SSSR count). The Bertz CT molecular complexity index is 866. The molecule has 2 N–H and O–H groups in total. The van der Waals surface area contributed by atoms with Gasteiger partial charge in [0.1, 0.15) is 11.3 Å². The Labute approximate surface area is 118 Å². The van der Waals surface area contributed by atoms with E-state index in [4.69, 9.17) is 4.74 Å². The summed E-state index contributed by atoms with van der Waals surface area (Å²) >= 11 is 0. The first kappa shape index (κ1) is 12.9. The van der Waals surface area contributed by atoms with E-state index in [9.17, 15) is 9.59 Å². The molecule has 0 spiro atoms. The topological polar surface area (TPSA) is 97.1 Å². The summed E-state index contributed by atoms with van der Waals surface area (Å²) in [5.41, 5.74) is 0.882. The van der Waals surface area contributed by atoms with E-state index in [0.29, 0.717) is 28.2 Å². The number of ether oxygens (including phenoxy) is 2. The molecule has 0 radical (unpaired) electrons. The van der Waals surface area contributed by atoms with E-state index in [1.54, 1.807) is 30.3 Å². The summed E-state index contributed by atoms with van der Waals surface area (Å²) in [5, 5.41) is 0. The molecule has 0 aliphatic heterocycles. The summed E-state index contributed by atoms with van der Waals surface area (Å²) in [5.74, 6) is 0.434. The molecule has 3 aromatic rings. The van der Waals surface area contributed by atoms with Crippen molar-refractivity contribution in [3.05, 3.63) is 52.6 Å². The standard InChI is InChI=1S/C14H11N3O4/c1-20-13(18)8-3-2-4-9(7-8)21-10-5-6-15-12-11(10)16-14(19)17-12/h2-7H,1H3,(H2,15,16,17,19). The molecule has 21 heavy (non-hydrogen) atoms. The van der Waals surface area contributed by atoms with Crippen LogP contribution < -0.4 is 10.4 Å². The molecule has 0 saturated carbocycles. The largest absolute Gasteiger partial charge is 0.465 e. The van der Waals surface area contributed by atoms with Gasteiger partial charge in [-0.05, 0) is 18.2 Å². The molecule has 7 heteroatoms. The SMILES string of the molecule is COC(=O)c1cccc(Oc2ccnc3[nH]c(=O)[nH]c23)c1. The van der Waals surface area contributed by atoms with Gasteiger partial charge >= 0.3 is 11.7 Å². The van der Waals surface area contributed by atoms with Crippen molar-refractivity contribution in [1.29, 1.82) is 0 Å². The van der Waals surface area contributed by atoms with Crippen LogP contribution in [0.2, 0.25) is 0 Å². The summed E-state index contributed by atoms with van der Waals surface area (Å²) in [6, 6.07) is 8.18. The van der Waals surface area contributed by atoms with Crippen molar-refractivity contribution in [2.45, 2.75) is 0 Å². The van der Waals surface area contributed by atoms with Crippen LogP contribution in [0.4, 0.5) is 0 Å². The highest BCUT2D eigenvalue weighted by molar-refractivity contribution is 5.89. The highest BCUT2D eigenvalue weighted by Crippen LogP contribution is 2.26. The van der Waals surface area contributed by atoms with Gasteiger partial charge in [0, 0.05) is 12.3 Å². The second-order valence-corrected chi connectivity index (χ2v) is 4.23. The molecule has 0 aliphatic rings. The first-order valence-electron chi connectivity index (χ1n) is 6.10. The van der Waals surface area contributed by atoms with Gasteiger partial charge in [-0.1, -0.05) is 6.07 Å². The van der Waals surface area contributed by atoms with Gasteiger partial charge in [0.2, 0.25) is 0 Å². The van der Waals surface area contributed by atoms with E-state index in [2.05, 4.69) is 19.7 Å². The Morgan fingerprint density at radius 2 is 2.10 bits per heavy atom. The number of H-pyrrole nitrogens is 2. The van der Waals surface area contributed by atoms with Gasteiger partial charge in [0.15, 0.2) is 11.4 Å². The number of carbonyl (C=O) groups excluding carboxylic acids is 1. The third-order valence-corrected chi connectivity index (χ3v) is 2.87. The Hall–Kier alpha value is -3.09. The van der Waals surface area contributed by atoms with Crippen LogP contribution in [-0.2, 0) is 4.74 Å². The summed E-state index contributed by atoms with van der Waals surface area (Å²) in [4.78, 5) is 32.0. The number of methoxy groups -OCH3 is 1. The molecule has 2 heterocycles. The third kappa shape index (κ3) is 2.48. The van der Waals surface area contributed by atoms with Crippen LogP contribution in [0.1, 0.15) is 10.4 Å². The van der Waals surface area contributed by atoms with Crippen molar-refractivity contribution < 1.29 is 14.3 Å². The van der Waals surface area contributed by atoms with E-state index in [0.717, 1.165) is 0 Å². The van der Waals surface area contributed by atoms with Crippen LogP contribution >= 0.6 is 0 Å². The Morgan fingerprint density at radius 1 is 1.24 bits per heavy atom. The van der Waals surface area contributed by atoms with E-state index in [1.165, 1.54) is 13.3 Å². The molecule has 106 valence electrons. The fourth-order valence-electron chi connectivity index (χ4n) is 1.93. The highest BCUT2D eigenvalue weighted by atomic mass is 16.5. The van der Waals surface area contributed by atoms with E-state index in [1.807, 2.05) is 0 Å². The quantitative estimate of drug-likeness (QED) is 0.715. The van der Waals surface area contributed by atoms with Gasteiger partial charge < -0.3 is 14.5 Å². The molecule has 0 bridgehead atoms. The minimum Gasteiger partial charge on any atom is -0.465 e. The number of nitrogens with zero attached hydrogens (tertiary/aromatic N) is 1. The zero-order valence-corrected chi connectivity index (χ0v) is 11.0. The second-order valence-electron chi connectivity index (χ2n) is 4.23. The number of pyridine rings is 1. The summed E-state index contributed by atoms with van der Waals surface area (Å²) in [6.45, 7) is 0. The maximum atomic E-state index is 11.5. The Balaban J connectivity index is 1.99. The number of imidazole rings is 1. The molecule has 7 nitrogen and oxygen atoms in total. The van der Waals surface area contributed by atoms with Crippen LogP contribution in [0.15, 0.2) is 41.3 Å². The van der Waals surface area contributed by atoms with Gasteiger partial charge in [-0.3, -0.25) is 4.98 Å². The molecule has 0 atom stereocenters. The predicted octanol–water partition coefficient (Wildman–Crippen LogP) is 1.83. The number of hydrogen-bond donors (Lipinski definition) is 2. The molecule has 2 aromatic heterocycles. The fraction of sp³-hybridized carbons (Fsp3) is 0.0714. The minimum absolute atomic E-state index is 0.364. The lowest BCUT2D eigenvalue weighted by atomic mass is 10.2. The van der Waals surface area contributed by atoms with E-state index in [-0.39, 0.29) is 5.69 Å². The molecule has 0 aliphatic carbocycles. The smallest absolute Gasteiger partial charge is 0.337 e. The highest BCUT2D eigenvalue weighted by Gasteiger charge is 2.10. The van der Waals surface area contributed by atoms with Gasteiger partial charge in [0.05, 0.1) is 12.7 Å². The number of aromatic nitrogens is 3. The maximum Gasteiger partial charge on any atom is 0.337 e. The fourth-order valence-corrected chi connectivity index (χ4v) is 1.93. The number of rotatable bonds is 3. The molecule has 0 unspecified atom stereocenters. The van der Waals surface area contributed by atoms with E-state index >= 15 is 0 Å². The number of nitrogens with one attached hydrogen (secondary N) is 2. The average Bonchev–Trinajstić information content (AvgIpc) is 2.88. The van der Waals surface area contributed by atoms with Gasteiger partial charge in [-0.25, -0.2) is 14.6 Å². The summed E-state index contributed by atoms with van der Waals surface area (Å²) in [7, 11) is 1.31. The lowest BCUT2D eigenvalue weighted by molar-refractivity contribution is 0.0600. The first-order chi connectivity index (χ1) is 10.2. The number of hydrogen-bond acceptors (Lipinski definition) is 5. The predicted molar refractivity (Wildman–Crippen MR) is 74.6 cm³/mol. The minimum atomic E-state index is -0.449. The number of benzene rings is 1. The van der Waals surface area contributed by atoms with Crippen molar-refractivity contribution >= 4 is 17.1 Å². The van der Waals surface area contributed by atoms with Crippen molar-refractivity contribution in [1.82, 2.24) is 15.0 Å². The average molecular weight is 285 g/mol. The second kappa shape index (κ2) is 5.12. The lowest BCUT2D eigenvalue weighted by Crippen LogP contribution is -2.01. The summed E-state index contributed by atoms with van der Waals surface area (Å²) in [6.07, 6.45) is 1.52. The van der Waals surface area contributed by atoms with Crippen LogP contribution in [-0.4, -0.2) is 28.0 Å². The van der Waals surface area contributed by atoms with Crippen molar-refractivity contribution in [2.24, 2.45) is 0 Å². The van der Waals surface area contributed by atoms with Gasteiger partial charge in [-0.2, -0.15) is 0 Å². The molecule has 1 aromatic carbocycles. The molecular weight excluding hydrogens is 274 g/mol.